The summed E-state index contributed by atoms with van der Waals surface area (Å²) in [6, 6.07) is 6.29. The Morgan fingerprint density at radius 1 is 1.13 bits per heavy atom. The van der Waals surface area contributed by atoms with E-state index < -0.39 is 35.1 Å². The van der Waals surface area contributed by atoms with Gasteiger partial charge >= 0.3 is 0 Å². The highest BCUT2D eigenvalue weighted by Gasteiger charge is 2.27. The van der Waals surface area contributed by atoms with E-state index in [1.54, 1.807) is 36.5 Å². The molecule has 2 amide bonds. The van der Waals surface area contributed by atoms with Crippen LogP contribution >= 0.6 is 22.7 Å². The van der Waals surface area contributed by atoms with Crippen LogP contribution in [0.15, 0.2) is 35.7 Å². The first-order valence-corrected chi connectivity index (χ1v) is 11.5. The summed E-state index contributed by atoms with van der Waals surface area (Å²) in [7, 11) is 0. The van der Waals surface area contributed by atoms with Crippen molar-refractivity contribution in [3.8, 4) is 10.6 Å². The highest BCUT2D eigenvalue weighted by atomic mass is 32.1. The number of amides is 2. The van der Waals surface area contributed by atoms with Crippen LogP contribution in [-0.2, 0) is 11.2 Å². The van der Waals surface area contributed by atoms with Crippen molar-refractivity contribution in [2.75, 3.05) is 6.54 Å². The molecule has 0 unspecified atom stereocenters. The van der Waals surface area contributed by atoms with E-state index in [2.05, 4.69) is 15.6 Å². The first-order valence-electron chi connectivity index (χ1n) is 9.80. The second-order valence-electron chi connectivity index (χ2n) is 7.35. The first kappa shape index (κ1) is 23.0. The predicted octanol–water partition coefficient (Wildman–Crippen LogP) is 4.57. The van der Waals surface area contributed by atoms with Gasteiger partial charge in [-0.2, -0.15) is 0 Å². The molecule has 2 N–H and O–H groups in total. The molecule has 3 rings (SSSR count). The fraction of sp³-hybridized carbons (Fsp3) is 0.318. The minimum atomic E-state index is -0.968. The number of hydrogen-bond acceptors (Lipinski definition) is 5. The molecule has 9 heteroatoms. The molecule has 31 heavy (non-hydrogen) atoms. The van der Waals surface area contributed by atoms with E-state index in [-0.39, 0.29) is 5.92 Å². The highest BCUT2D eigenvalue weighted by Crippen LogP contribution is 2.29. The van der Waals surface area contributed by atoms with E-state index in [1.165, 1.54) is 6.07 Å². The molecule has 0 radical (unpaired) electrons. The summed E-state index contributed by atoms with van der Waals surface area (Å²) in [5.41, 5.74) is 0.259. The lowest BCUT2D eigenvalue weighted by molar-refractivity contribution is -0.123. The van der Waals surface area contributed by atoms with Crippen molar-refractivity contribution in [3.05, 3.63) is 62.8 Å². The van der Waals surface area contributed by atoms with E-state index in [4.69, 9.17) is 0 Å². The molecule has 5 nitrogen and oxygen atoms in total. The first-order chi connectivity index (χ1) is 14.8. The molecule has 0 aliphatic carbocycles. The molecule has 1 aromatic carbocycles. The minimum absolute atomic E-state index is 0.264. The second kappa shape index (κ2) is 10.1. The molecular formula is C22H23F2N3O2S2. The van der Waals surface area contributed by atoms with Crippen LogP contribution in [0.1, 0.15) is 34.1 Å². The molecule has 0 spiro atoms. The number of aryl methyl sites for hydroxylation is 1. The predicted molar refractivity (Wildman–Crippen MR) is 119 cm³/mol. The molecule has 2 heterocycles. The van der Waals surface area contributed by atoms with Crippen LogP contribution in [0.4, 0.5) is 8.78 Å². The topological polar surface area (TPSA) is 71.1 Å². The summed E-state index contributed by atoms with van der Waals surface area (Å²) < 4.78 is 27.7. The maximum absolute atomic E-state index is 13.9. The molecule has 164 valence electrons. The lowest BCUT2D eigenvalue weighted by atomic mass is 10.0. The molecule has 0 fully saturated rings. The van der Waals surface area contributed by atoms with Gasteiger partial charge in [-0.15, -0.1) is 22.7 Å². The van der Waals surface area contributed by atoms with Crippen molar-refractivity contribution < 1.29 is 18.4 Å². The number of thiophene rings is 1. The van der Waals surface area contributed by atoms with Gasteiger partial charge in [0.05, 0.1) is 15.6 Å². The number of aromatic nitrogens is 1. The largest absolute Gasteiger partial charge is 0.354 e. The summed E-state index contributed by atoms with van der Waals surface area (Å²) in [4.78, 5) is 31.6. The quantitative estimate of drug-likeness (QED) is 0.514. The maximum atomic E-state index is 13.9. The molecule has 1 atom stereocenters. The Labute approximate surface area is 187 Å². The van der Waals surface area contributed by atoms with Gasteiger partial charge < -0.3 is 10.6 Å². The van der Waals surface area contributed by atoms with E-state index in [0.717, 1.165) is 32.6 Å². The molecular weight excluding hydrogens is 440 g/mol. The summed E-state index contributed by atoms with van der Waals surface area (Å²) in [6.45, 7) is 5.85. The maximum Gasteiger partial charge on any atom is 0.257 e. The average molecular weight is 464 g/mol. The summed E-state index contributed by atoms with van der Waals surface area (Å²) >= 11 is 3.21. The number of thiazole rings is 1. The molecule has 2 aromatic heterocycles. The third-order valence-electron chi connectivity index (χ3n) is 4.63. The Kier molecular flexibility index (Phi) is 7.50. The average Bonchev–Trinajstić information content (AvgIpc) is 3.34. The van der Waals surface area contributed by atoms with Gasteiger partial charge in [0.1, 0.15) is 23.2 Å². The minimum Gasteiger partial charge on any atom is -0.354 e. The molecule has 3 aromatic rings. The molecule has 0 saturated heterocycles. The van der Waals surface area contributed by atoms with Crippen LogP contribution in [0.2, 0.25) is 0 Å². The van der Waals surface area contributed by atoms with Crippen LogP contribution in [0, 0.1) is 24.5 Å². The molecule has 0 saturated carbocycles. The number of hydrogen-bond donors (Lipinski definition) is 2. The number of carbonyl (C=O) groups excluding carboxylic acids is 2. The monoisotopic (exact) mass is 463 g/mol. The lowest BCUT2D eigenvalue weighted by Gasteiger charge is -2.22. The number of benzene rings is 1. The van der Waals surface area contributed by atoms with Gasteiger partial charge in [-0.25, -0.2) is 13.8 Å². The summed E-state index contributed by atoms with van der Waals surface area (Å²) in [6.07, 6.45) is 0.625. The third-order valence-corrected chi connectivity index (χ3v) is 6.57. The van der Waals surface area contributed by atoms with Gasteiger partial charge in [-0.3, -0.25) is 9.59 Å². The Morgan fingerprint density at radius 3 is 2.45 bits per heavy atom. The normalized spacial score (nSPS) is 12.1. The zero-order valence-corrected chi connectivity index (χ0v) is 19.0. The van der Waals surface area contributed by atoms with Gasteiger partial charge in [0.15, 0.2) is 0 Å². The van der Waals surface area contributed by atoms with Crippen LogP contribution < -0.4 is 10.6 Å². The zero-order valence-electron chi connectivity index (χ0n) is 17.4. The van der Waals surface area contributed by atoms with Crippen molar-refractivity contribution in [3.63, 3.8) is 0 Å². The van der Waals surface area contributed by atoms with Crippen molar-refractivity contribution >= 4 is 34.5 Å². The Hall–Kier alpha value is -2.65. The second-order valence-corrected chi connectivity index (χ2v) is 9.58. The highest BCUT2D eigenvalue weighted by molar-refractivity contribution is 7.16. The number of nitrogens with zero attached hydrogens (tertiary/aromatic N) is 1. The lowest BCUT2D eigenvalue weighted by Crippen LogP contribution is -2.50. The Bertz CT molecular complexity index is 1060. The van der Waals surface area contributed by atoms with Crippen LogP contribution in [0.25, 0.3) is 10.6 Å². The van der Waals surface area contributed by atoms with Crippen molar-refractivity contribution in [1.29, 1.82) is 0 Å². The van der Waals surface area contributed by atoms with Crippen LogP contribution in [0.3, 0.4) is 0 Å². The van der Waals surface area contributed by atoms with Crippen molar-refractivity contribution in [1.82, 2.24) is 15.6 Å². The van der Waals surface area contributed by atoms with Gasteiger partial charge in [-0.05, 0) is 43.5 Å². The van der Waals surface area contributed by atoms with Gasteiger partial charge in [0.25, 0.3) is 5.91 Å². The van der Waals surface area contributed by atoms with Crippen molar-refractivity contribution in [2.24, 2.45) is 5.92 Å². The number of rotatable bonds is 8. The van der Waals surface area contributed by atoms with Gasteiger partial charge in [-0.1, -0.05) is 19.9 Å². The summed E-state index contributed by atoms with van der Waals surface area (Å²) in [5.74, 6) is -3.55. The SMILES string of the molecule is Cc1nc(-c2ccc(CCNC(=O)[C@@H](NC(=O)c3c(F)cccc3F)C(C)C)s2)cs1. The van der Waals surface area contributed by atoms with Crippen LogP contribution in [0.5, 0.6) is 0 Å². The van der Waals surface area contributed by atoms with Gasteiger partial charge in [0, 0.05) is 16.8 Å². The third kappa shape index (κ3) is 5.74. The number of halogens is 2. The van der Waals surface area contributed by atoms with E-state index >= 15 is 0 Å². The fourth-order valence-corrected chi connectivity index (χ4v) is 4.66. The standard InChI is InChI=1S/C22H23F2N3O2S2/c1-12(2)20(27-21(28)19-15(23)5-4-6-16(19)24)22(29)25-10-9-14-7-8-18(31-14)17-11-30-13(3)26-17/h4-8,11-12,20H,9-10H2,1-3H3,(H,25,29)(H,27,28)/t20-/m0/s1. The van der Waals surface area contributed by atoms with Gasteiger partial charge in [0.2, 0.25) is 5.91 Å². The van der Waals surface area contributed by atoms with E-state index in [9.17, 15) is 18.4 Å². The summed E-state index contributed by atoms with van der Waals surface area (Å²) in [5, 5.41) is 8.28. The van der Waals surface area contributed by atoms with Crippen LogP contribution in [-0.4, -0.2) is 29.4 Å². The fourth-order valence-electron chi connectivity index (χ4n) is 3.01. The molecule has 0 aliphatic rings. The number of nitrogens with one attached hydrogen (secondary N) is 2. The molecule has 0 bridgehead atoms. The Balaban J connectivity index is 1.57. The zero-order chi connectivity index (χ0) is 22.5. The Morgan fingerprint density at radius 2 is 1.84 bits per heavy atom. The van der Waals surface area contributed by atoms with E-state index in [1.807, 2.05) is 24.4 Å². The number of carbonyl (C=O) groups is 2. The van der Waals surface area contributed by atoms with Crippen molar-refractivity contribution in [2.45, 2.75) is 33.2 Å². The van der Waals surface area contributed by atoms with E-state index in [0.29, 0.717) is 13.0 Å². The molecule has 0 aliphatic heterocycles. The smallest absolute Gasteiger partial charge is 0.257 e.